The number of carbonyl (C=O) groups is 1. The van der Waals surface area contributed by atoms with Gasteiger partial charge in [0.25, 0.3) is 0 Å². The second-order valence-corrected chi connectivity index (χ2v) is 5.96. The molecule has 2 atom stereocenters. The van der Waals surface area contributed by atoms with Gasteiger partial charge in [0, 0.05) is 11.5 Å². The van der Waals surface area contributed by atoms with E-state index in [0.29, 0.717) is 11.3 Å². The zero-order valence-electron chi connectivity index (χ0n) is 11.9. The highest BCUT2D eigenvalue weighted by Crippen LogP contribution is 2.54. The molecule has 3 nitrogen and oxygen atoms in total. The summed E-state index contributed by atoms with van der Waals surface area (Å²) < 4.78 is 5.28. The van der Waals surface area contributed by atoms with Gasteiger partial charge in [0.15, 0.2) is 5.78 Å². The maximum absolute atomic E-state index is 12.5. The first-order valence-electron chi connectivity index (χ1n) is 6.48. The van der Waals surface area contributed by atoms with Gasteiger partial charge >= 0.3 is 0 Å². The Balaban J connectivity index is 2.35. The van der Waals surface area contributed by atoms with Crippen LogP contribution in [-0.2, 0) is 4.79 Å². The first kappa shape index (κ1) is 13.6. The maximum atomic E-state index is 12.5. The Hall–Kier alpha value is -1.82. The second-order valence-electron chi connectivity index (χ2n) is 5.96. The number of hydrogen-bond donors (Lipinski definition) is 0. The summed E-state index contributed by atoms with van der Waals surface area (Å²) in [4.78, 5) is 12.5. The zero-order valence-corrected chi connectivity index (χ0v) is 11.9. The number of ether oxygens (including phenoxy) is 1. The largest absolute Gasteiger partial charge is 0.496 e. The number of rotatable bonds is 4. The van der Waals surface area contributed by atoms with E-state index in [-0.39, 0.29) is 17.1 Å². The summed E-state index contributed by atoms with van der Waals surface area (Å²) in [6, 6.07) is 7.76. The fraction of sp³-hybridized carbons (Fsp3) is 0.500. The van der Waals surface area contributed by atoms with Gasteiger partial charge in [0.05, 0.1) is 13.2 Å². The summed E-state index contributed by atoms with van der Waals surface area (Å²) in [7, 11) is 1.56. The van der Waals surface area contributed by atoms with Crippen molar-refractivity contribution in [2.45, 2.75) is 33.1 Å². The van der Waals surface area contributed by atoms with Crippen molar-refractivity contribution in [3.05, 3.63) is 29.3 Å². The average Bonchev–Trinajstić information content (AvgIpc) is 2.99. The molecule has 100 valence electrons. The molecule has 0 bridgehead atoms. The summed E-state index contributed by atoms with van der Waals surface area (Å²) >= 11 is 0. The Bertz CT molecular complexity index is 554. The van der Waals surface area contributed by atoms with Crippen molar-refractivity contribution in [3.63, 3.8) is 0 Å². The van der Waals surface area contributed by atoms with Crippen LogP contribution in [0.4, 0.5) is 0 Å². The molecule has 1 aromatic carbocycles. The predicted molar refractivity (Wildman–Crippen MR) is 73.0 cm³/mol. The standard InChI is InChI=1S/C16H19NO2/c1-10-5-6-14(19-4)11(7-10)12(9-17)15(18)13-8-16(13,2)3/h5-7,12-13H,8H2,1-4H3. The Labute approximate surface area is 114 Å². The zero-order chi connectivity index (χ0) is 14.2. The van der Waals surface area contributed by atoms with E-state index in [1.807, 2.05) is 25.1 Å². The Morgan fingerprint density at radius 2 is 2.16 bits per heavy atom. The van der Waals surface area contributed by atoms with E-state index < -0.39 is 5.92 Å². The smallest absolute Gasteiger partial charge is 0.158 e. The molecule has 0 aromatic heterocycles. The van der Waals surface area contributed by atoms with Crippen LogP contribution >= 0.6 is 0 Å². The lowest BCUT2D eigenvalue weighted by Gasteiger charge is -2.14. The lowest BCUT2D eigenvalue weighted by atomic mass is 9.89. The third-order valence-corrected chi connectivity index (χ3v) is 3.97. The van der Waals surface area contributed by atoms with Gasteiger partial charge in [-0.1, -0.05) is 31.5 Å². The molecule has 1 aromatic rings. The molecule has 2 unspecified atom stereocenters. The molecule has 1 fully saturated rings. The number of ketones is 1. The normalized spacial score (nSPS) is 21.3. The van der Waals surface area contributed by atoms with E-state index in [1.165, 1.54) is 0 Å². The van der Waals surface area contributed by atoms with E-state index in [2.05, 4.69) is 19.9 Å². The fourth-order valence-electron chi connectivity index (χ4n) is 2.52. The SMILES string of the molecule is COc1ccc(C)cc1C(C#N)C(=O)C1CC1(C)C. The van der Waals surface area contributed by atoms with Crippen molar-refractivity contribution >= 4 is 5.78 Å². The molecular weight excluding hydrogens is 238 g/mol. The van der Waals surface area contributed by atoms with Gasteiger partial charge < -0.3 is 4.74 Å². The van der Waals surface area contributed by atoms with E-state index in [1.54, 1.807) is 7.11 Å². The maximum Gasteiger partial charge on any atom is 0.158 e. The van der Waals surface area contributed by atoms with Crippen molar-refractivity contribution in [3.8, 4) is 11.8 Å². The lowest BCUT2D eigenvalue weighted by molar-refractivity contribution is -0.121. The minimum Gasteiger partial charge on any atom is -0.496 e. The fourth-order valence-corrected chi connectivity index (χ4v) is 2.52. The molecule has 1 aliphatic carbocycles. The first-order valence-corrected chi connectivity index (χ1v) is 6.48. The number of carbonyl (C=O) groups excluding carboxylic acids is 1. The van der Waals surface area contributed by atoms with Gasteiger partial charge in [-0.3, -0.25) is 4.79 Å². The number of nitrogens with zero attached hydrogens (tertiary/aromatic N) is 1. The Morgan fingerprint density at radius 1 is 1.53 bits per heavy atom. The monoisotopic (exact) mass is 257 g/mol. The Kier molecular flexibility index (Phi) is 3.36. The molecule has 0 saturated heterocycles. The van der Waals surface area contributed by atoms with Crippen LogP contribution in [0.1, 0.15) is 37.3 Å². The lowest BCUT2D eigenvalue weighted by Crippen LogP contribution is -2.16. The van der Waals surface area contributed by atoms with Gasteiger partial charge in [-0.25, -0.2) is 0 Å². The summed E-state index contributed by atoms with van der Waals surface area (Å²) in [5, 5.41) is 9.38. The number of Topliss-reactive ketones (excluding diaryl/α,β-unsaturated/α-hetero) is 1. The second kappa shape index (κ2) is 4.70. The highest BCUT2D eigenvalue weighted by Gasteiger charge is 2.52. The van der Waals surface area contributed by atoms with Crippen molar-refractivity contribution in [2.24, 2.45) is 11.3 Å². The number of aryl methyl sites for hydroxylation is 1. The topological polar surface area (TPSA) is 50.1 Å². The van der Waals surface area contributed by atoms with Crippen LogP contribution in [0.15, 0.2) is 18.2 Å². The number of benzene rings is 1. The minimum atomic E-state index is -0.721. The third kappa shape index (κ3) is 2.49. The van der Waals surface area contributed by atoms with Crippen LogP contribution in [0, 0.1) is 29.6 Å². The van der Waals surface area contributed by atoms with Gasteiger partial charge in [-0.05, 0) is 24.8 Å². The van der Waals surface area contributed by atoms with Crippen molar-refractivity contribution in [1.82, 2.24) is 0 Å². The molecule has 2 rings (SSSR count). The molecule has 0 amide bonds. The number of nitriles is 1. The van der Waals surface area contributed by atoms with Crippen LogP contribution in [0.5, 0.6) is 5.75 Å². The number of methoxy groups -OCH3 is 1. The highest BCUT2D eigenvalue weighted by molar-refractivity contribution is 5.93. The quantitative estimate of drug-likeness (QED) is 0.832. The molecule has 19 heavy (non-hydrogen) atoms. The van der Waals surface area contributed by atoms with Crippen LogP contribution in [-0.4, -0.2) is 12.9 Å². The van der Waals surface area contributed by atoms with Crippen molar-refractivity contribution in [2.75, 3.05) is 7.11 Å². The third-order valence-electron chi connectivity index (χ3n) is 3.97. The van der Waals surface area contributed by atoms with Gasteiger partial charge in [-0.2, -0.15) is 5.26 Å². The molecule has 0 radical (unpaired) electrons. The Morgan fingerprint density at radius 3 is 2.63 bits per heavy atom. The minimum absolute atomic E-state index is 0.00219. The molecule has 3 heteroatoms. The van der Waals surface area contributed by atoms with Crippen LogP contribution in [0.2, 0.25) is 0 Å². The van der Waals surface area contributed by atoms with E-state index in [4.69, 9.17) is 4.74 Å². The summed E-state index contributed by atoms with van der Waals surface area (Å²) in [6.45, 7) is 6.08. The van der Waals surface area contributed by atoms with E-state index >= 15 is 0 Å². The molecule has 0 N–H and O–H groups in total. The predicted octanol–water partition coefficient (Wildman–Crippen LogP) is 3.23. The molecule has 1 aliphatic rings. The highest BCUT2D eigenvalue weighted by atomic mass is 16.5. The van der Waals surface area contributed by atoms with Gasteiger partial charge in [0.2, 0.25) is 0 Å². The summed E-state index contributed by atoms with van der Waals surface area (Å²) in [6.07, 6.45) is 0.873. The molecule has 0 spiro atoms. The van der Waals surface area contributed by atoms with Crippen LogP contribution in [0.3, 0.4) is 0 Å². The molecule has 0 aliphatic heterocycles. The van der Waals surface area contributed by atoms with Crippen LogP contribution in [0.25, 0.3) is 0 Å². The van der Waals surface area contributed by atoms with E-state index in [0.717, 1.165) is 12.0 Å². The van der Waals surface area contributed by atoms with Crippen molar-refractivity contribution < 1.29 is 9.53 Å². The summed E-state index contributed by atoms with van der Waals surface area (Å²) in [5.74, 6) is -0.0793. The molecule has 0 heterocycles. The molecule has 1 saturated carbocycles. The van der Waals surface area contributed by atoms with Gasteiger partial charge in [-0.15, -0.1) is 0 Å². The molecular formula is C16H19NO2. The number of hydrogen-bond acceptors (Lipinski definition) is 3. The van der Waals surface area contributed by atoms with E-state index in [9.17, 15) is 10.1 Å². The van der Waals surface area contributed by atoms with Gasteiger partial charge in [0.1, 0.15) is 11.7 Å². The summed E-state index contributed by atoms with van der Waals surface area (Å²) in [5.41, 5.74) is 1.76. The average molecular weight is 257 g/mol. The first-order chi connectivity index (χ1) is 8.90. The van der Waals surface area contributed by atoms with Crippen LogP contribution < -0.4 is 4.74 Å². The van der Waals surface area contributed by atoms with Crippen molar-refractivity contribution in [1.29, 1.82) is 5.26 Å².